The van der Waals surface area contributed by atoms with Gasteiger partial charge in [-0.2, -0.15) is 0 Å². The highest BCUT2D eigenvalue weighted by Crippen LogP contribution is 2.28. The van der Waals surface area contributed by atoms with Gasteiger partial charge in [0.1, 0.15) is 9.84 Å². The Morgan fingerprint density at radius 1 is 1.41 bits per heavy atom. The number of sulfone groups is 1. The quantitative estimate of drug-likeness (QED) is 0.774. The first kappa shape index (κ1) is 14.8. The van der Waals surface area contributed by atoms with E-state index in [9.17, 15) is 8.42 Å². The van der Waals surface area contributed by atoms with Crippen molar-refractivity contribution in [3.05, 3.63) is 28.8 Å². The third-order valence-corrected chi connectivity index (χ3v) is 4.28. The molecule has 0 radical (unpaired) electrons. The summed E-state index contributed by atoms with van der Waals surface area (Å²) < 4.78 is 22.3. The van der Waals surface area contributed by atoms with Crippen LogP contribution in [0.15, 0.2) is 18.2 Å². The van der Waals surface area contributed by atoms with Crippen LogP contribution >= 0.6 is 27.5 Å². The fraction of sp³-hybridized carbons (Fsp3) is 0.455. The summed E-state index contributed by atoms with van der Waals surface area (Å²) in [7, 11) is -1.08. The van der Waals surface area contributed by atoms with Crippen LogP contribution in [0.3, 0.4) is 0 Å². The lowest BCUT2D eigenvalue weighted by Gasteiger charge is -2.22. The van der Waals surface area contributed by atoms with Gasteiger partial charge in [-0.05, 0) is 12.1 Å². The van der Waals surface area contributed by atoms with Gasteiger partial charge < -0.3 is 4.90 Å². The Labute approximate surface area is 116 Å². The Kier molecular flexibility index (Phi) is 5.28. The Bertz CT molecular complexity index is 490. The van der Waals surface area contributed by atoms with Gasteiger partial charge in [0.2, 0.25) is 0 Å². The number of hydrogen-bond acceptors (Lipinski definition) is 3. The number of halogens is 2. The van der Waals surface area contributed by atoms with Gasteiger partial charge in [0.15, 0.2) is 0 Å². The molecule has 0 atom stereocenters. The SMILES string of the molecule is CN(CCS(C)(=O)=O)c1cccc(Cl)c1CBr. The maximum Gasteiger partial charge on any atom is 0.149 e. The molecule has 0 unspecified atom stereocenters. The molecule has 17 heavy (non-hydrogen) atoms. The van der Waals surface area contributed by atoms with Gasteiger partial charge >= 0.3 is 0 Å². The Morgan fingerprint density at radius 2 is 2.06 bits per heavy atom. The van der Waals surface area contributed by atoms with Gasteiger partial charge in [0.05, 0.1) is 5.75 Å². The fourth-order valence-corrected chi connectivity index (χ4v) is 3.05. The summed E-state index contributed by atoms with van der Waals surface area (Å²) in [4.78, 5) is 1.91. The predicted molar refractivity (Wildman–Crippen MR) is 77.1 cm³/mol. The molecule has 1 rings (SSSR count). The standard InChI is InChI=1S/C11H15BrClNO2S/c1-14(6-7-17(2,15)16)11-5-3-4-10(13)9(11)8-12/h3-5H,6-8H2,1-2H3. The van der Waals surface area contributed by atoms with Crippen LogP contribution in [0.5, 0.6) is 0 Å². The van der Waals surface area contributed by atoms with Crippen molar-refractivity contribution in [1.82, 2.24) is 0 Å². The van der Waals surface area contributed by atoms with E-state index in [0.717, 1.165) is 11.3 Å². The van der Waals surface area contributed by atoms with Crippen molar-refractivity contribution in [3.8, 4) is 0 Å². The largest absolute Gasteiger partial charge is 0.373 e. The summed E-state index contributed by atoms with van der Waals surface area (Å²) >= 11 is 9.48. The average molecular weight is 341 g/mol. The van der Waals surface area contributed by atoms with Crippen molar-refractivity contribution in [2.24, 2.45) is 0 Å². The highest BCUT2D eigenvalue weighted by atomic mass is 79.9. The predicted octanol–water partition coefficient (Wildman–Crippen LogP) is 2.72. The zero-order valence-corrected chi connectivity index (χ0v) is 12.9. The minimum Gasteiger partial charge on any atom is -0.373 e. The molecule has 1 aromatic carbocycles. The van der Waals surface area contributed by atoms with Crippen LogP contribution in [0.2, 0.25) is 5.02 Å². The zero-order chi connectivity index (χ0) is 13.1. The molecule has 3 nitrogen and oxygen atoms in total. The van der Waals surface area contributed by atoms with Crippen LogP contribution in [0.25, 0.3) is 0 Å². The van der Waals surface area contributed by atoms with E-state index in [-0.39, 0.29) is 5.75 Å². The van der Waals surface area contributed by atoms with E-state index in [1.807, 2.05) is 30.1 Å². The molecular formula is C11H15BrClNO2S. The molecule has 96 valence electrons. The van der Waals surface area contributed by atoms with Crippen molar-refractivity contribution in [3.63, 3.8) is 0 Å². The molecule has 0 aromatic heterocycles. The summed E-state index contributed by atoms with van der Waals surface area (Å²) in [5.41, 5.74) is 1.93. The van der Waals surface area contributed by atoms with E-state index in [1.165, 1.54) is 6.26 Å². The number of hydrogen-bond donors (Lipinski definition) is 0. The summed E-state index contributed by atoms with van der Waals surface area (Å²) in [6.07, 6.45) is 1.24. The number of rotatable bonds is 5. The van der Waals surface area contributed by atoms with Gasteiger partial charge in [0, 0.05) is 41.5 Å². The van der Waals surface area contributed by atoms with E-state index in [0.29, 0.717) is 16.9 Å². The third-order valence-electron chi connectivity index (χ3n) is 2.44. The first-order valence-corrected chi connectivity index (χ1v) is 8.63. The van der Waals surface area contributed by atoms with Gasteiger partial charge in [-0.1, -0.05) is 33.6 Å². The molecule has 0 aliphatic heterocycles. The van der Waals surface area contributed by atoms with Crippen LogP contribution in [0.4, 0.5) is 5.69 Å². The highest BCUT2D eigenvalue weighted by molar-refractivity contribution is 9.08. The third kappa shape index (κ3) is 4.48. The lowest BCUT2D eigenvalue weighted by molar-refractivity contribution is 0.601. The first-order chi connectivity index (χ1) is 7.85. The molecule has 0 saturated heterocycles. The van der Waals surface area contributed by atoms with E-state index < -0.39 is 9.84 Å². The van der Waals surface area contributed by atoms with Crippen LogP contribution in [-0.2, 0) is 15.2 Å². The van der Waals surface area contributed by atoms with Crippen molar-refractivity contribution in [2.75, 3.05) is 30.5 Å². The van der Waals surface area contributed by atoms with Crippen LogP contribution in [0, 0.1) is 0 Å². The van der Waals surface area contributed by atoms with E-state index in [1.54, 1.807) is 0 Å². The summed E-state index contributed by atoms with van der Waals surface area (Å²) in [5, 5.41) is 1.33. The summed E-state index contributed by atoms with van der Waals surface area (Å²) in [5.74, 6) is 0.137. The van der Waals surface area contributed by atoms with E-state index >= 15 is 0 Å². The Balaban J connectivity index is 2.89. The average Bonchev–Trinajstić information content (AvgIpc) is 2.24. The summed E-state index contributed by atoms with van der Waals surface area (Å²) in [6.45, 7) is 0.458. The number of nitrogens with zero attached hydrogens (tertiary/aromatic N) is 1. The van der Waals surface area contributed by atoms with Crippen LogP contribution in [-0.4, -0.2) is 34.0 Å². The normalized spacial score (nSPS) is 11.5. The molecule has 1 aromatic rings. The molecule has 0 aliphatic carbocycles. The minimum atomic E-state index is -2.94. The smallest absolute Gasteiger partial charge is 0.149 e. The first-order valence-electron chi connectivity index (χ1n) is 5.07. The fourth-order valence-electron chi connectivity index (χ4n) is 1.46. The second-order valence-electron chi connectivity index (χ2n) is 3.92. The molecular weight excluding hydrogens is 326 g/mol. The second-order valence-corrected chi connectivity index (χ2v) is 7.15. The molecule has 0 bridgehead atoms. The molecule has 0 aliphatic rings. The van der Waals surface area contributed by atoms with Crippen LogP contribution < -0.4 is 4.90 Å². The monoisotopic (exact) mass is 339 g/mol. The minimum absolute atomic E-state index is 0.137. The van der Waals surface area contributed by atoms with Gasteiger partial charge in [-0.15, -0.1) is 0 Å². The zero-order valence-electron chi connectivity index (χ0n) is 9.78. The molecule has 6 heteroatoms. The lowest BCUT2D eigenvalue weighted by atomic mass is 10.2. The van der Waals surface area contributed by atoms with Gasteiger partial charge in [-0.25, -0.2) is 8.42 Å². The van der Waals surface area contributed by atoms with Gasteiger partial charge in [0.25, 0.3) is 0 Å². The highest BCUT2D eigenvalue weighted by Gasteiger charge is 2.11. The lowest BCUT2D eigenvalue weighted by Crippen LogP contribution is -2.25. The Morgan fingerprint density at radius 3 is 2.59 bits per heavy atom. The molecule has 0 N–H and O–H groups in total. The number of anilines is 1. The van der Waals surface area contributed by atoms with Crippen molar-refractivity contribution < 1.29 is 8.42 Å². The number of benzene rings is 1. The number of alkyl halides is 1. The molecule has 0 amide bonds. The molecule has 0 saturated carbocycles. The molecule has 0 spiro atoms. The second kappa shape index (κ2) is 6.07. The maximum atomic E-state index is 11.1. The van der Waals surface area contributed by atoms with Gasteiger partial charge in [-0.3, -0.25) is 0 Å². The summed E-state index contributed by atoms with van der Waals surface area (Å²) in [6, 6.07) is 5.62. The maximum absolute atomic E-state index is 11.1. The van der Waals surface area contributed by atoms with Crippen molar-refractivity contribution >= 4 is 43.1 Å². The molecule has 0 fully saturated rings. The van der Waals surface area contributed by atoms with E-state index in [4.69, 9.17) is 11.6 Å². The van der Waals surface area contributed by atoms with Crippen molar-refractivity contribution in [1.29, 1.82) is 0 Å². The topological polar surface area (TPSA) is 37.4 Å². The van der Waals surface area contributed by atoms with E-state index in [2.05, 4.69) is 15.9 Å². The molecule has 0 heterocycles. The van der Waals surface area contributed by atoms with Crippen molar-refractivity contribution in [2.45, 2.75) is 5.33 Å². The Hall–Kier alpha value is -0.260. The van der Waals surface area contributed by atoms with Crippen LogP contribution in [0.1, 0.15) is 5.56 Å².